The molecule has 2 aliphatic rings. The fraction of sp³-hybridized carbons (Fsp3) is 0.381. The van der Waals surface area contributed by atoms with Gasteiger partial charge < -0.3 is 15.4 Å². The number of aryl methyl sites for hydroxylation is 1. The Bertz CT molecular complexity index is 1100. The average Bonchev–Trinajstić information content (AvgIpc) is 3.10. The molecule has 4 rings (SSSR count). The number of hydrogen-bond acceptors (Lipinski definition) is 6. The molecule has 2 aromatic rings. The number of rotatable bonds is 4. The molecular formula is C21H19F3N2O4S2. The number of hydrogen-bond donors (Lipinski definition) is 2. The lowest BCUT2D eigenvalue weighted by atomic mass is 9.95. The number of anilines is 2. The van der Waals surface area contributed by atoms with Gasteiger partial charge in [0.15, 0.2) is 0 Å². The van der Waals surface area contributed by atoms with Crippen LogP contribution in [0.15, 0.2) is 23.1 Å². The molecule has 1 aliphatic heterocycles. The molecule has 0 saturated heterocycles. The van der Waals surface area contributed by atoms with Gasteiger partial charge in [-0.2, -0.15) is 13.2 Å². The van der Waals surface area contributed by atoms with Crippen LogP contribution in [0.1, 0.15) is 45.6 Å². The topological polar surface area (TPSA) is 84.5 Å². The number of carbonyl (C=O) groups excluding carboxylic acids is 3. The monoisotopic (exact) mass is 484 g/mol. The first-order valence-corrected chi connectivity index (χ1v) is 11.6. The second kappa shape index (κ2) is 8.78. The highest BCUT2D eigenvalue weighted by Gasteiger charge is 2.35. The highest BCUT2D eigenvalue weighted by Crippen LogP contribution is 2.42. The molecule has 32 heavy (non-hydrogen) atoms. The van der Waals surface area contributed by atoms with Crippen LogP contribution < -0.4 is 10.6 Å². The number of fused-ring (bicyclic) bond motifs is 2. The van der Waals surface area contributed by atoms with E-state index in [0.717, 1.165) is 60.0 Å². The van der Waals surface area contributed by atoms with E-state index in [4.69, 9.17) is 4.74 Å². The zero-order valence-corrected chi connectivity index (χ0v) is 18.6. The van der Waals surface area contributed by atoms with Gasteiger partial charge in [0.2, 0.25) is 11.8 Å². The number of ether oxygens (including phenoxy) is 1. The van der Waals surface area contributed by atoms with Gasteiger partial charge in [-0.1, -0.05) is 0 Å². The summed E-state index contributed by atoms with van der Waals surface area (Å²) in [5, 5.41) is 4.80. The molecule has 0 spiro atoms. The van der Waals surface area contributed by atoms with Crippen LogP contribution >= 0.6 is 23.1 Å². The molecule has 0 bridgehead atoms. The standard InChI is InChI=1S/C21H19F3N2O4S2/c1-30-20(29)17-11-4-2-3-5-13(11)32-19(17)26-16(27)9-15-18(28)25-12-8-10(21(22,23)24)6-7-14(12)31-15/h6-8,15H,2-5,9H2,1H3,(H,25,28)(H,26,27). The Morgan fingerprint density at radius 2 is 2.00 bits per heavy atom. The summed E-state index contributed by atoms with van der Waals surface area (Å²) >= 11 is 2.38. The number of esters is 1. The summed E-state index contributed by atoms with van der Waals surface area (Å²) in [4.78, 5) is 38.9. The molecule has 11 heteroatoms. The van der Waals surface area contributed by atoms with Crippen LogP contribution in [0.5, 0.6) is 0 Å². The number of alkyl halides is 3. The molecule has 1 unspecified atom stereocenters. The number of carbonyl (C=O) groups is 3. The van der Waals surface area contributed by atoms with Crippen molar-refractivity contribution in [1.82, 2.24) is 0 Å². The first kappa shape index (κ1) is 22.7. The van der Waals surface area contributed by atoms with Crippen LogP contribution in [-0.4, -0.2) is 30.1 Å². The maximum absolute atomic E-state index is 12.9. The van der Waals surface area contributed by atoms with E-state index in [1.54, 1.807) is 0 Å². The third kappa shape index (κ3) is 4.49. The van der Waals surface area contributed by atoms with E-state index < -0.39 is 34.8 Å². The SMILES string of the molecule is COC(=O)c1c(NC(=O)CC2Sc3ccc(C(F)(F)F)cc3NC2=O)sc2c1CCCC2. The maximum atomic E-state index is 12.9. The molecule has 170 valence electrons. The van der Waals surface area contributed by atoms with Crippen molar-refractivity contribution in [3.05, 3.63) is 39.8 Å². The lowest BCUT2D eigenvalue weighted by Gasteiger charge is -2.24. The van der Waals surface area contributed by atoms with E-state index in [1.807, 2.05) is 0 Å². The number of benzene rings is 1. The van der Waals surface area contributed by atoms with Crippen molar-refractivity contribution in [2.75, 3.05) is 17.7 Å². The molecule has 1 atom stereocenters. The van der Waals surface area contributed by atoms with E-state index in [0.29, 0.717) is 15.5 Å². The summed E-state index contributed by atoms with van der Waals surface area (Å²) in [5.74, 6) is -1.52. The summed E-state index contributed by atoms with van der Waals surface area (Å²) in [6.45, 7) is 0. The van der Waals surface area contributed by atoms with Gasteiger partial charge in [-0.25, -0.2) is 4.79 Å². The highest BCUT2D eigenvalue weighted by molar-refractivity contribution is 8.01. The van der Waals surface area contributed by atoms with Crippen molar-refractivity contribution in [3.63, 3.8) is 0 Å². The van der Waals surface area contributed by atoms with Gasteiger partial charge in [0, 0.05) is 16.2 Å². The minimum absolute atomic E-state index is 0.0744. The minimum atomic E-state index is -4.52. The van der Waals surface area contributed by atoms with E-state index in [-0.39, 0.29) is 12.1 Å². The van der Waals surface area contributed by atoms with Gasteiger partial charge >= 0.3 is 12.1 Å². The highest BCUT2D eigenvalue weighted by atomic mass is 32.2. The third-order valence-electron chi connectivity index (χ3n) is 5.31. The number of thioether (sulfide) groups is 1. The fourth-order valence-corrected chi connectivity index (χ4v) is 6.16. The van der Waals surface area contributed by atoms with Crippen LogP contribution in [-0.2, 0) is 33.3 Å². The minimum Gasteiger partial charge on any atom is -0.465 e. The predicted molar refractivity (Wildman–Crippen MR) is 115 cm³/mol. The second-order valence-corrected chi connectivity index (χ2v) is 9.81. The Morgan fingerprint density at radius 3 is 2.72 bits per heavy atom. The van der Waals surface area contributed by atoms with Crippen molar-refractivity contribution >= 4 is 51.6 Å². The summed E-state index contributed by atoms with van der Waals surface area (Å²) in [5.41, 5.74) is 0.490. The predicted octanol–water partition coefficient (Wildman–Crippen LogP) is 4.87. The summed E-state index contributed by atoms with van der Waals surface area (Å²) in [6.07, 6.45) is -1.18. The first-order chi connectivity index (χ1) is 15.2. The van der Waals surface area contributed by atoms with Crippen LogP contribution in [0.4, 0.5) is 23.9 Å². The van der Waals surface area contributed by atoms with E-state index in [9.17, 15) is 27.6 Å². The van der Waals surface area contributed by atoms with E-state index in [2.05, 4.69) is 10.6 Å². The van der Waals surface area contributed by atoms with E-state index in [1.165, 1.54) is 24.5 Å². The normalized spacial score (nSPS) is 17.8. The summed E-state index contributed by atoms with van der Waals surface area (Å²) in [7, 11) is 1.28. The molecule has 1 aromatic heterocycles. The molecule has 0 radical (unpaired) electrons. The number of methoxy groups -OCH3 is 1. The van der Waals surface area contributed by atoms with Gasteiger partial charge in [0.25, 0.3) is 0 Å². The quantitative estimate of drug-likeness (QED) is 0.605. The van der Waals surface area contributed by atoms with Crippen LogP contribution in [0.2, 0.25) is 0 Å². The maximum Gasteiger partial charge on any atom is 0.416 e. The number of nitrogens with one attached hydrogen (secondary N) is 2. The Morgan fingerprint density at radius 1 is 1.25 bits per heavy atom. The summed E-state index contributed by atoms with van der Waals surface area (Å²) < 4.78 is 43.6. The molecule has 0 saturated carbocycles. The zero-order chi connectivity index (χ0) is 23.0. The van der Waals surface area contributed by atoms with Gasteiger partial charge in [0.1, 0.15) is 5.00 Å². The Balaban J connectivity index is 1.49. The van der Waals surface area contributed by atoms with Crippen molar-refractivity contribution in [3.8, 4) is 0 Å². The zero-order valence-electron chi connectivity index (χ0n) is 16.9. The van der Waals surface area contributed by atoms with Crippen LogP contribution in [0, 0.1) is 0 Å². The third-order valence-corrected chi connectivity index (χ3v) is 7.79. The molecule has 2 amide bonds. The lowest BCUT2D eigenvalue weighted by molar-refractivity contribution is -0.137. The number of thiophene rings is 1. The van der Waals surface area contributed by atoms with Gasteiger partial charge in [-0.3, -0.25) is 9.59 Å². The fourth-order valence-electron chi connectivity index (χ4n) is 3.78. The molecular weight excluding hydrogens is 465 g/mol. The Kier molecular flexibility index (Phi) is 6.22. The number of halogens is 3. The lowest BCUT2D eigenvalue weighted by Crippen LogP contribution is -2.32. The Hall–Kier alpha value is -2.53. The molecule has 1 aromatic carbocycles. The molecule has 1 aliphatic carbocycles. The largest absolute Gasteiger partial charge is 0.465 e. The van der Waals surface area contributed by atoms with Gasteiger partial charge in [-0.15, -0.1) is 23.1 Å². The van der Waals surface area contributed by atoms with Crippen molar-refractivity contribution in [2.45, 2.75) is 48.4 Å². The first-order valence-electron chi connectivity index (χ1n) is 9.89. The van der Waals surface area contributed by atoms with Gasteiger partial charge in [-0.05, 0) is 49.4 Å². The van der Waals surface area contributed by atoms with E-state index >= 15 is 0 Å². The van der Waals surface area contributed by atoms with Crippen molar-refractivity contribution < 1.29 is 32.3 Å². The average molecular weight is 485 g/mol. The smallest absolute Gasteiger partial charge is 0.416 e. The van der Waals surface area contributed by atoms with Crippen molar-refractivity contribution in [1.29, 1.82) is 0 Å². The molecule has 2 heterocycles. The van der Waals surface area contributed by atoms with Gasteiger partial charge in [0.05, 0.1) is 29.2 Å². The van der Waals surface area contributed by atoms with Crippen molar-refractivity contribution in [2.24, 2.45) is 0 Å². The molecule has 2 N–H and O–H groups in total. The molecule has 6 nitrogen and oxygen atoms in total. The van der Waals surface area contributed by atoms with Crippen LogP contribution in [0.3, 0.4) is 0 Å². The molecule has 0 fully saturated rings. The Labute approximate surface area is 189 Å². The number of amides is 2. The van der Waals surface area contributed by atoms with Crippen LogP contribution in [0.25, 0.3) is 0 Å². The summed E-state index contributed by atoms with van der Waals surface area (Å²) in [6, 6.07) is 3.12. The second-order valence-electron chi connectivity index (χ2n) is 7.46.